The van der Waals surface area contributed by atoms with Crippen molar-refractivity contribution in [3.05, 3.63) is 35.9 Å². The summed E-state index contributed by atoms with van der Waals surface area (Å²) in [5, 5.41) is 7.12. The number of hydrogen-bond donors (Lipinski definition) is 0. The van der Waals surface area contributed by atoms with E-state index in [2.05, 4.69) is 10.2 Å². The molecule has 1 aromatic rings. The third-order valence-electron chi connectivity index (χ3n) is 1.32. The highest BCUT2D eigenvalue weighted by atomic mass is 16.1. The summed E-state index contributed by atoms with van der Waals surface area (Å²) < 4.78 is 0. The first-order valence-electron chi connectivity index (χ1n) is 3.81. The van der Waals surface area contributed by atoms with Crippen LogP contribution in [0.2, 0.25) is 0 Å². The van der Waals surface area contributed by atoms with E-state index in [0.29, 0.717) is 12.1 Å². The number of benzene rings is 1. The van der Waals surface area contributed by atoms with Gasteiger partial charge in [0.2, 0.25) is 0 Å². The second-order valence-corrected chi connectivity index (χ2v) is 2.23. The van der Waals surface area contributed by atoms with Gasteiger partial charge in [0.1, 0.15) is 0 Å². The molecular weight excluding hydrogens is 152 g/mol. The normalized spacial score (nSPS) is 10.4. The van der Waals surface area contributed by atoms with Crippen molar-refractivity contribution in [2.75, 3.05) is 6.54 Å². The third-order valence-corrected chi connectivity index (χ3v) is 1.32. The molecule has 3 nitrogen and oxygen atoms in total. The Hall–Kier alpha value is -1.51. The predicted molar refractivity (Wildman–Crippen MR) is 46.2 cm³/mol. The molecule has 0 spiro atoms. The fourth-order valence-electron chi connectivity index (χ4n) is 0.773. The summed E-state index contributed by atoms with van der Waals surface area (Å²) in [6, 6.07) is 8.89. The lowest BCUT2D eigenvalue weighted by Gasteiger charge is -1.90. The molecule has 0 saturated carbocycles. The van der Waals surface area contributed by atoms with Crippen molar-refractivity contribution >= 4 is 5.91 Å². The molecule has 0 radical (unpaired) electrons. The van der Waals surface area contributed by atoms with E-state index in [1.807, 2.05) is 13.0 Å². The molecule has 1 rings (SSSR count). The van der Waals surface area contributed by atoms with Crippen molar-refractivity contribution in [1.29, 1.82) is 0 Å². The van der Waals surface area contributed by atoms with E-state index in [1.54, 1.807) is 24.3 Å². The Balaban J connectivity index is 2.72. The van der Waals surface area contributed by atoms with Gasteiger partial charge in [-0.1, -0.05) is 18.2 Å². The highest BCUT2D eigenvalue weighted by Gasteiger charge is 2.00. The molecule has 1 aromatic carbocycles. The molecule has 1 amide bonds. The molecule has 0 heterocycles. The van der Waals surface area contributed by atoms with E-state index < -0.39 is 0 Å². The van der Waals surface area contributed by atoms with Crippen LogP contribution in [0.1, 0.15) is 17.3 Å². The van der Waals surface area contributed by atoms with Crippen LogP contribution in [0.15, 0.2) is 40.6 Å². The van der Waals surface area contributed by atoms with Crippen molar-refractivity contribution < 1.29 is 4.79 Å². The van der Waals surface area contributed by atoms with Crippen LogP contribution >= 0.6 is 0 Å². The molecule has 62 valence electrons. The highest BCUT2D eigenvalue weighted by molar-refractivity contribution is 5.94. The minimum absolute atomic E-state index is 0.280. The number of amides is 1. The van der Waals surface area contributed by atoms with Crippen molar-refractivity contribution in [3.63, 3.8) is 0 Å². The summed E-state index contributed by atoms with van der Waals surface area (Å²) in [6.07, 6.45) is 0. The van der Waals surface area contributed by atoms with Crippen LogP contribution < -0.4 is 0 Å². The molecule has 0 bridgehead atoms. The summed E-state index contributed by atoms with van der Waals surface area (Å²) >= 11 is 0. The van der Waals surface area contributed by atoms with Crippen LogP contribution in [-0.4, -0.2) is 12.5 Å². The maximum atomic E-state index is 11.1. The van der Waals surface area contributed by atoms with Gasteiger partial charge in [0, 0.05) is 5.56 Å². The second kappa shape index (κ2) is 4.38. The predicted octanol–water partition coefficient (Wildman–Crippen LogP) is 2.30. The van der Waals surface area contributed by atoms with E-state index in [9.17, 15) is 4.79 Å². The van der Waals surface area contributed by atoms with Gasteiger partial charge in [0.15, 0.2) is 0 Å². The van der Waals surface area contributed by atoms with Gasteiger partial charge >= 0.3 is 0 Å². The summed E-state index contributed by atoms with van der Waals surface area (Å²) in [5.74, 6) is -0.280. The number of nitrogens with zero attached hydrogens (tertiary/aromatic N) is 2. The largest absolute Gasteiger partial charge is 0.295 e. The van der Waals surface area contributed by atoms with Gasteiger partial charge in [-0.25, -0.2) is 0 Å². The van der Waals surface area contributed by atoms with Gasteiger partial charge in [0.05, 0.1) is 6.54 Å². The molecule has 0 aliphatic carbocycles. The number of hydrogen-bond acceptors (Lipinski definition) is 2. The van der Waals surface area contributed by atoms with E-state index in [0.717, 1.165) is 0 Å². The molecule has 0 fully saturated rings. The van der Waals surface area contributed by atoms with Crippen LogP contribution in [0, 0.1) is 0 Å². The minimum atomic E-state index is -0.280. The lowest BCUT2D eigenvalue weighted by molar-refractivity contribution is 0.0993. The Bertz CT molecular complexity index is 280. The standard InChI is InChI=1S/C9H10N2O/c1-2-10-11-9(12)8-6-4-3-5-7-8/h3-7H,2H2,1H3. The van der Waals surface area contributed by atoms with Crippen LogP contribution in [0.4, 0.5) is 0 Å². The molecule has 0 aliphatic rings. The first kappa shape index (κ1) is 8.59. The second-order valence-electron chi connectivity index (χ2n) is 2.23. The zero-order valence-electron chi connectivity index (χ0n) is 6.90. The summed E-state index contributed by atoms with van der Waals surface area (Å²) in [7, 11) is 0. The Kier molecular flexibility index (Phi) is 3.14. The summed E-state index contributed by atoms with van der Waals surface area (Å²) in [4.78, 5) is 11.1. The molecule has 3 heteroatoms. The molecule has 0 saturated heterocycles. The van der Waals surface area contributed by atoms with Gasteiger partial charge in [-0.2, -0.15) is 5.11 Å². The van der Waals surface area contributed by atoms with Gasteiger partial charge in [0.25, 0.3) is 5.91 Å². The van der Waals surface area contributed by atoms with Crippen molar-refractivity contribution in [2.24, 2.45) is 10.2 Å². The molecule has 12 heavy (non-hydrogen) atoms. The minimum Gasteiger partial charge on any atom is -0.265 e. The lowest BCUT2D eigenvalue weighted by Crippen LogP contribution is -1.92. The smallest absolute Gasteiger partial charge is 0.265 e. The molecule has 0 N–H and O–H groups in total. The summed E-state index contributed by atoms with van der Waals surface area (Å²) in [6.45, 7) is 2.38. The zero-order chi connectivity index (χ0) is 8.81. The fraction of sp³-hybridized carbons (Fsp3) is 0.222. The molecular formula is C9H10N2O. The van der Waals surface area contributed by atoms with Gasteiger partial charge in [-0.3, -0.25) is 4.79 Å². The Labute approximate surface area is 71.1 Å². The first-order valence-corrected chi connectivity index (χ1v) is 3.81. The summed E-state index contributed by atoms with van der Waals surface area (Å²) in [5.41, 5.74) is 0.578. The van der Waals surface area contributed by atoms with Gasteiger partial charge in [-0.15, -0.1) is 5.11 Å². The Morgan fingerprint density at radius 3 is 2.58 bits per heavy atom. The maximum Gasteiger partial charge on any atom is 0.295 e. The third kappa shape index (κ3) is 2.27. The van der Waals surface area contributed by atoms with Crippen molar-refractivity contribution in [2.45, 2.75) is 6.92 Å². The average Bonchev–Trinajstić information content (AvgIpc) is 2.15. The van der Waals surface area contributed by atoms with E-state index in [4.69, 9.17) is 0 Å². The number of azo groups is 1. The van der Waals surface area contributed by atoms with Gasteiger partial charge in [-0.05, 0) is 19.1 Å². The van der Waals surface area contributed by atoms with Crippen LogP contribution in [0.3, 0.4) is 0 Å². The topological polar surface area (TPSA) is 41.8 Å². The quantitative estimate of drug-likeness (QED) is 0.615. The van der Waals surface area contributed by atoms with Gasteiger partial charge < -0.3 is 0 Å². The molecule has 0 aromatic heterocycles. The Morgan fingerprint density at radius 1 is 1.33 bits per heavy atom. The Morgan fingerprint density at radius 2 is 2.00 bits per heavy atom. The SMILES string of the molecule is CCN=NC(=O)c1ccccc1. The van der Waals surface area contributed by atoms with Crippen LogP contribution in [0.25, 0.3) is 0 Å². The van der Waals surface area contributed by atoms with Crippen molar-refractivity contribution in [1.82, 2.24) is 0 Å². The monoisotopic (exact) mass is 162 g/mol. The number of carbonyl (C=O) groups is 1. The highest BCUT2D eigenvalue weighted by Crippen LogP contribution is 2.00. The van der Waals surface area contributed by atoms with E-state index in [1.165, 1.54) is 0 Å². The number of rotatable bonds is 2. The molecule has 0 atom stereocenters. The number of carbonyl (C=O) groups excluding carboxylic acids is 1. The molecule has 0 unspecified atom stereocenters. The maximum absolute atomic E-state index is 11.1. The van der Waals surface area contributed by atoms with E-state index >= 15 is 0 Å². The fourth-order valence-corrected chi connectivity index (χ4v) is 0.773. The van der Waals surface area contributed by atoms with Crippen LogP contribution in [0.5, 0.6) is 0 Å². The zero-order valence-corrected chi connectivity index (χ0v) is 6.90. The lowest BCUT2D eigenvalue weighted by atomic mass is 10.2. The van der Waals surface area contributed by atoms with E-state index in [-0.39, 0.29) is 5.91 Å². The average molecular weight is 162 g/mol. The first-order chi connectivity index (χ1) is 5.84. The van der Waals surface area contributed by atoms with Crippen molar-refractivity contribution in [3.8, 4) is 0 Å². The molecule has 0 aliphatic heterocycles. The van der Waals surface area contributed by atoms with Crippen LogP contribution in [-0.2, 0) is 0 Å².